The summed E-state index contributed by atoms with van der Waals surface area (Å²) in [5.74, 6) is 0.721. The van der Waals surface area contributed by atoms with Gasteiger partial charge in [0.05, 0.1) is 35.1 Å². The number of pyridine rings is 1. The Morgan fingerprint density at radius 2 is 1.80 bits per heavy atom. The third kappa shape index (κ3) is 4.10. The average molecular weight is 398 g/mol. The molecule has 0 atom stereocenters. The first-order chi connectivity index (χ1) is 14.6. The second-order valence-corrected chi connectivity index (χ2v) is 6.52. The van der Waals surface area contributed by atoms with Crippen molar-refractivity contribution in [1.82, 2.24) is 4.98 Å². The molecule has 0 aliphatic carbocycles. The molecule has 0 saturated carbocycles. The SMILES string of the molecule is COc1ccc2nc(-c3ccccc3)cc(N/N=C/c3ccc([N+](=O)[O-])cc3)c2c1. The number of non-ortho nitro benzene ring substituents is 1. The third-order valence-electron chi connectivity index (χ3n) is 4.59. The number of methoxy groups -OCH3 is 1. The molecule has 0 aliphatic rings. The molecule has 0 saturated heterocycles. The molecule has 4 aromatic rings. The van der Waals surface area contributed by atoms with Gasteiger partial charge in [0.1, 0.15) is 5.75 Å². The number of nitrogens with zero attached hydrogens (tertiary/aromatic N) is 3. The highest BCUT2D eigenvalue weighted by Crippen LogP contribution is 2.31. The number of aromatic nitrogens is 1. The maximum atomic E-state index is 10.8. The first-order valence-electron chi connectivity index (χ1n) is 9.22. The lowest BCUT2D eigenvalue weighted by atomic mass is 10.1. The summed E-state index contributed by atoms with van der Waals surface area (Å²) < 4.78 is 5.35. The predicted octanol–water partition coefficient (Wildman–Crippen LogP) is 5.26. The van der Waals surface area contributed by atoms with Gasteiger partial charge in [-0.25, -0.2) is 4.98 Å². The lowest BCUT2D eigenvalue weighted by Gasteiger charge is -2.11. The molecule has 1 heterocycles. The van der Waals surface area contributed by atoms with Gasteiger partial charge < -0.3 is 4.74 Å². The quantitative estimate of drug-likeness (QED) is 0.272. The zero-order valence-electron chi connectivity index (χ0n) is 16.1. The van der Waals surface area contributed by atoms with Gasteiger partial charge in [-0.1, -0.05) is 30.3 Å². The van der Waals surface area contributed by atoms with Crippen molar-refractivity contribution in [3.8, 4) is 17.0 Å². The molecule has 0 bridgehead atoms. The van der Waals surface area contributed by atoms with Crippen molar-refractivity contribution in [3.05, 3.63) is 94.5 Å². The van der Waals surface area contributed by atoms with Gasteiger partial charge in [-0.05, 0) is 42.0 Å². The number of anilines is 1. The highest BCUT2D eigenvalue weighted by Gasteiger charge is 2.09. The van der Waals surface area contributed by atoms with Crippen molar-refractivity contribution < 1.29 is 9.66 Å². The van der Waals surface area contributed by atoms with E-state index in [9.17, 15) is 10.1 Å². The van der Waals surface area contributed by atoms with Crippen LogP contribution in [0.4, 0.5) is 11.4 Å². The Balaban J connectivity index is 1.69. The number of benzene rings is 3. The lowest BCUT2D eigenvalue weighted by Crippen LogP contribution is -1.96. The van der Waals surface area contributed by atoms with E-state index in [1.807, 2.05) is 54.6 Å². The van der Waals surface area contributed by atoms with Crippen LogP contribution in [0.15, 0.2) is 84.0 Å². The number of rotatable bonds is 6. The van der Waals surface area contributed by atoms with E-state index in [0.29, 0.717) is 0 Å². The van der Waals surface area contributed by atoms with Gasteiger partial charge in [0, 0.05) is 23.1 Å². The molecule has 148 valence electrons. The Morgan fingerprint density at radius 1 is 1.03 bits per heavy atom. The minimum absolute atomic E-state index is 0.0415. The Kier molecular flexibility index (Phi) is 5.34. The van der Waals surface area contributed by atoms with E-state index in [2.05, 4.69) is 10.5 Å². The maximum absolute atomic E-state index is 10.8. The van der Waals surface area contributed by atoms with Crippen LogP contribution in [0.25, 0.3) is 22.2 Å². The van der Waals surface area contributed by atoms with E-state index in [-0.39, 0.29) is 5.69 Å². The van der Waals surface area contributed by atoms with Crippen LogP contribution in [0.2, 0.25) is 0 Å². The molecule has 3 aromatic carbocycles. The number of fused-ring (bicyclic) bond motifs is 1. The molecule has 7 nitrogen and oxygen atoms in total. The Bertz CT molecular complexity index is 1220. The molecule has 30 heavy (non-hydrogen) atoms. The fourth-order valence-electron chi connectivity index (χ4n) is 3.04. The number of hydrazone groups is 1. The van der Waals surface area contributed by atoms with Crippen molar-refractivity contribution in [2.24, 2.45) is 5.10 Å². The molecule has 0 radical (unpaired) electrons. The topological polar surface area (TPSA) is 89.7 Å². The summed E-state index contributed by atoms with van der Waals surface area (Å²) in [4.78, 5) is 15.1. The molecule has 0 amide bonds. The molecule has 0 fully saturated rings. The molecule has 7 heteroatoms. The van der Waals surface area contributed by atoms with Crippen molar-refractivity contribution in [2.75, 3.05) is 12.5 Å². The van der Waals surface area contributed by atoms with Gasteiger partial charge >= 0.3 is 0 Å². The highest BCUT2D eigenvalue weighted by molar-refractivity contribution is 5.95. The van der Waals surface area contributed by atoms with Crippen LogP contribution >= 0.6 is 0 Å². The highest BCUT2D eigenvalue weighted by atomic mass is 16.6. The molecule has 1 aromatic heterocycles. The maximum Gasteiger partial charge on any atom is 0.269 e. The zero-order chi connectivity index (χ0) is 20.9. The van der Waals surface area contributed by atoms with Gasteiger partial charge in [0.15, 0.2) is 0 Å². The summed E-state index contributed by atoms with van der Waals surface area (Å²) >= 11 is 0. The summed E-state index contributed by atoms with van der Waals surface area (Å²) in [5, 5.41) is 16.0. The summed E-state index contributed by atoms with van der Waals surface area (Å²) in [7, 11) is 1.62. The summed E-state index contributed by atoms with van der Waals surface area (Å²) in [6, 6.07) is 23.7. The molecule has 1 N–H and O–H groups in total. The van der Waals surface area contributed by atoms with Crippen LogP contribution in [-0.4, -0.2) is 23.2 Å². The molecule has 0 aliphatic heterocycles. The van der Waals surface area contributed by atoms with E-state index in [4.69, 9.17) is 9.72 Å². The number of hydrogen-bond donors (Lipinski definition) is 1. The van der Waals surface area contributed by atoms with Crippen LogP contribution in [0.3, 0.4) is 0 Å². The van der Waals surface area contributed by atoms with Crippen LogP contribution < -0.4 is 10.2 Å². The van der Waals surface area contributed by atoms with Crippen LogP contribution in [-0.2, 0) is 0 Å². The smallest absolute Gasteiger partial charge is 0.269 e. The molecule has 0 spiro atoms. The van der Waals surface area contributed by atoms with Crippen LogP contribution in [0.5, 0.6) is 5.75 Å². The first-order valence-corrected chi connectivity index (χ1v) is 9.22. The van der Waals surface area contributed by atoms with Gasteiger partial charge in [-0.15, -0.1) is 0 Å². The van der Waals surface area contributed by atoms with Gasteiger partial charge in [0.2, 0.25) is 0 Å². The van der Waals surface area contributed by atoms with E-state index < -0.39 is 4.92 Å². The second-order valence-electron chi connectivity index (χ2n) is 6.52. The number of nitro benzene ring substituents is 1. The average Bonchev–Trinajstić information content (AvgIpc) is 2.79. The summed E-state index contributed by atoms with van der Waals surface area (Å²) in [6.07, 6.45) is 1.61. The van der Waals surface area contributed by atoms with E-state index in [1.54, 1.807) is 25.5 Å². The Morgan fingerprint density at radius 3 is 2.50 bits per heavy atom. The largest absolute Gasteiger partial charge is 0.497 e. The fourth-order valence-corrected chi connectivity index (χ4v) is 3.04. The second kappa shape index (κ2) is 8.40. The van der Waals surface area contributed by atoms with Crippen LogP contribution in [0.1, 0.15) is 5.56 Å². The van der Waals surface area contributed by atoms with Crippen LogP contribution in [0, 0.1) is 10.1 Å². The number of hydrogen-bond acceptors (Lipinski definition) is 6. The number of nitro groups is 1. The molecular formula is C23H18N4O3. The minimum Gasteiger partial charge on any atom is -0.497 e. The van der Waals surface area contributed by atoms with E-state index in [0.717, 1.165) is 39.2 Å². The standard InChI is InChI=1S/C23H18N4O3/c1-30-19-11-12-21-20(13-19)23(14-22(25-21)17-5-3-2-4-6-17)26-24-15-16-7-9-18(10-8-16)27(28)29/h2-15H,1H3,(H,25,26)/b24-15+. The van der Waals surface area contributed by atoms with Gasteiger partial charge in [-0.3, -0.25) is 15.5 Å². The van der Waals surface area contributed by atoms with Gasteiger partial charge in [0.25, 0.3) is 5.69 Å². The predicted molar refractivity (Wildman–Crippen MR) is 118 cm³/mol. The molecule has 0 unspecified atom stereocenters. The van der Waals surface area contributed by atoms with Gasteiger partial charge in [-0.2, -0.15) is 5.10 Å². The minimum atomic E-state index is -0.430. The summed E-state index contributed by atoms with van der Waals surface area (Å²) in [5.41, 5.74) is 7.26. The Labute approximate surface area is 172 Å². The lowest BCUT2D eigenvalue weighted by molar-refractivity contribution is -0.384. The first kappa shape index (κ1) is 19.1. The third-order valence-corrected chi connectivity index (χ3v) is 4.59. The summed E-state index contributed by atoms with van der Waals surface area (Å²) in [6.45, 7) is 0. The van der Waals surface area contributed by atoms with E-state index >= 15 is 0 Å². The zero-order valence-corrected chi connectivity index (χ0v) is 16.1. The molecule has 4 rings (SSSR count). The normalized spacial score (nSPS) is 11.0. The number of ether oxygens (including phenoxy) is 1. The van der Waals surface area contributed by atoms with E-state index in [1.165, 1.54) is 12.1 Å². The molecular weight excluding hydrogens is 380 g/mol. The van der Waals surface area contributed by atoms with Crippen molar-refractivity contribution in [1.29, 1.82) is 0 Å². The monoisotopic (exact) mass is 398 g/mol. The van der Waals surface area contributed by atoms with Crippen molar-refractivity contribution >= 4 is 28.5 Å². The number of nitrogens with one attached hydrogen (secondary N) is 1. The Hall–Kier alpha value is -4.26. The van der Waals surface area contributed by atoms with Crippen molar-refractivity contribution in [3.63, 3.8) is 0 Å². The van der Waals surface area contributed by atoms with Crippen molar-refractivity contribution in [2.45, 2.75) is 0 Å². The fraction of sp³-hybridized carbons (Fsp3) is 0.0435.